The number of nitrogens with one attached hydrogen (secondary N) is 1. The van der Waals surface area contributed by atoms with Crippen LogP contribution in [-0.2, 0) is 7.05 Å². The molecule has 110 valence electrons. The zero-order valence-corrected chi connectivity index (χ0v) is 12.7. The molecule has 1 heterocycles. The van der Waals surface area contributed by atoms with Gasteiger partial charge in [0.25, 0.3) is 5.91 Å². The summed E-state index contributed by atoms with van der Waals surface area (Å²) in [4.78, 5) is 11.9. The lowest BCUT2D eigenvalue weighted by Crippen LogP contribution is -2.17. The number of carbonyl (C=O) groups excluding carboxylic acids is 1. The third kappa shape index (κ3) is 2.87. The maximum atomic E-state index is 11.9. The summed E-state index contributed by atoms with van der Waals surface area (Å²) in [5.74, 6) is -0.270. The number of halogens is 1. The Kier molecular flexibility index (Phi) is 3.94. The van der Waals surface area contributed by atoms with Crippen molar-refractivity contribution in [3.05, 3.63) is 70.9 Å². The minimum absolute atomic E-state index is 0.270. The molecule has 0 unspecified atom stereocenters. The smallest absolute Gasteiger partial charge is 0.271 e. The van der Waals surface area contributed by atoms with E-state index in [0.717, 1.165) is 16.5 Å². The largest absolute Gasteiger partial charge is 0.350 e. The van der Waals surface area contributed by atoms with Crippen molar-refractivity contribution in [3.8, 4) is 0 Å². The average Bonchev–Trinajstić information content (AvgIpc) is 2.85. The van der Waals surface area contributed by atoms with Crippen LogP contribution in [0.5, 0.6) is 0 Å². The molecule has 1 N–H and O–H groups in total. The Morgan fingerprint density at radius 1 is 1.18 bits per heavy atom. The lowest BCUT2D eigenvalue weighted by atomic mass is 10.2. The molecule has 5 heteroatoms. The molecule has 4 nitrogen and oxygen atoms in total. The zero-order valence-electron chi connectivity index (χ0n) is 12.0. The van der Waals surface area contributed by atoms with Gasteiger partial charge in [0.15, 0.2) is 0 Å². The third-order valence-electron chi connectivity index (χ3n) is 3.40. The Hall–Kier alpha value is -2.59. The highest BCUT2D eigenvalue weighted by atomic mass is 35.5. The van der Waals surface area contributed by atoms with Crippen molar-refractivity contribution in [2.45, 2.75) is 0 Å². The van der Waals surface area contributed by atoms with E-state index in [4.69, 9.17) is 11.6 Å². The van der Waals surface area contributed by atoms with E-state index in [9.17, 15) is 4.79 Å². The number of hydrogen-bond donors (Lipinski definition) is 1. The van der Waals surface area contributed by atoms with Crippen LogP contribution in [0.15, 0.2) is 59.8 Å². The first-order valence-corrected chi connectivity index (χ1v) is 7.16. The van der Waals surface area contributed by atoms with Crippen molar-refractivity contribution in [2.24, 2.45) is 12.1 Å². The molecule has 2 aromatic carbocycles. The van der Waals surface area contributed by atoms with Crippen molar-refractivity contribution < 1.29 is 4.79 Å². The summed E-state index contributed by atoms with van der Waals surface area (Å²) in [6.07, 6.45) is 3.62. The van der Waals surface area contributed by atoms with Gasteiger partial charge in [0.2, 0.25) is 0 Å². The van der Waals surface area contributed by atoms with Crippen molar-refractivity contribution in [3.63, 3.8) is 0 Å². The number of benzene rings is 2. The third-order valence-corrected chi connectivity index (χ3v) is 3.66. The van der Waals surface area contributed by atoms with Gasteiger partial charge in [0.1, 0.15) is 0 Å². The second-order valence-electron chi connectivity index (χ2n) is 4.92. The molecule has 0 saturated carbocycles. The number of hydrazone groups is 1. The van der Waals surface area contributed by atoms with Gasteiger partial charge in [-0.05, 0) is 30.3 Å². The second kappa shape index (κ2) is 6.03. The van der Waals surface area contributed by atoms with E-state index in [1.807, 2.05) is 42.1 Å². The normalized spacial score (nSPS) is 11.2. The summed E-state index contributed by atoms with van der Waals surface area (Å²) in [6.45, 7) is 0. The van der Waals surface area contributed by atoms with Crippen LogP contribution < -0.4 is 5.43 Å². The molecule has 1 aromatic heterocycles. The molecular weight excluding hydrogens is 298 g/mol. The Balaban J connectivity index is 1.76. The quantitative estimate of drug-likeness (QED) is 0.583. The first-order valence-electron chi connectivity index (χ1n) is 6.78. The molecule has 1 amide bonds. The molecule has 0 aliphatic rings. The summed E-state index contributed by atoms with van der Waals surface area (Å²) < 4.78 is 2.03. The minimum atomic E-state index is -0.270. The first-order chi connectivity index (χ1) is 10.6. The highest BCUT2D eigenvalue weighted by Gasteiger charge is 2.05. The maximum Gasteiger partial charge on any atom is 0.271 e. The van der Waals surface area contributed by atoms with E-state index in [0.29, 0.717) is 10.6 Å². The summed E-state index contributed by atoms with van der Waals surface area (Å²) in [5.41, 5.74) is 5.10. The highest BCUT2D eigenvalue weighted by molar-refractivity contribution is 6.30. The van der Waals surface area contributed by atoms with Gasteiger partial charge < -0.3 is 4.57 Å². The van der Waals surface area contributed by atoms with E-state index in [2.05, 4.69) is 10.5 Å². The lowest BCUT2D eigenvalue weighted by molar-refractivity contribution is 0.0955. The fourth-order valence-corrected chi connectivity index (χ4v) is 2.43. The number of aryl methyl sites for hydroxylation is 1. The molecule has 0 saturated heterocycles. The molecule has 0 radical (unpaired) electrons. The monoisotopic (exact) mass is 311 g/mol. The molecule has 0 aliphatic heterocycles. The van der Waals surface area contributed by atoms with Crippen LogP contribution in [0.3, 0.4) is 0 Å². The fourth-order valence-electron chi connectivity index (χ4n) is 2.30. The van der Waals surface area contributed by atoms with E-state index in [1.165, 1.54) is 0 Å². The maximum absolute atomic E-state index is 11.9. The van der Waals surface area contributed by atoms with Crippen molar-refractivity contribution in [1.82, 2.24) is 9.99 Å². The van der Waals surface area contributed by atoms with Gasteiger partial charge in [-0.15, -0.1) is 0 Å². The van der Waals surface area contributed by atoms with Gasteiger partial charge in [0.05, 0.1) is 6.21 Å². The topological polar surface area (TPSA) is 46.4 Å². The molecule has 0 fully saturated rings. The molecule has 0 aliphatic carbocycles. The lowest BCUT2D eigenvalue weighted by Gasteiger charge is -1.99. The Labute approximate surface area is 133 Å². The predicted molar refractivity (Wildman–Crippen MR) is 89.4 cm³/mol. The average molecular weight is 312 g/mol. The van der Waals surface area contributed by atoms with Gasteiger partial charge in [-0.25, -0.2) is 5.43 Å². The number of carbonyl (C=O) groups is 1. The highest BCUT2D eigenvalue weighted by Crippen LogP contribution is 2.18. The van der Waals surface area contributed by atoms with Gasteiger partial charge >= 0.3 is 0 Å². The van der Waals surface area contributed by atoms with Crippen LogP contribution in [0.4, 0.5) is 0 Å². The molecule has 0 atom stereocenters. The number of amides is 1. The second-order valence-corrected chi connectivity index (χ2v) is 5.35. The fraction of sp³-hybridized carbons (Fsp3) is 0.0588. The van der Waals surface area contributed by atoms with Gasteiger partial charge in [-0.2, -0.15) is 5.10 Å². The molecule has 0 spiro atoms. The van der Waals surface area contributed by atoms with Gasteiger partial charge in [-0.1, -0.05) is 29.8 Å². The van der Waals surface area contributed by atoms with Crippen molar-refractivity contribution in [2.75, 3.05) is 0 Å². The van der Waals surface area contributed by atoms with E-state index >= 15 is 0 Å². The van der Waals surface area contributed by atoms with E-state index < -0.39 is 0 Å². The van der Waals surface area contributed by atoms with E-state index in [1.54, 1.807) is 30.5 Å². The van der Waals surface area contributed by atoms with Crippen LogP contribution in [-0.4, -0.2) is 16.7 Å². The number of rotatable bonds is 3. The number of aromatic nitrogens is 1. The molecule has 22 heavy (non-hydrogen) atoms. The summed E-state index contributed by atoms with van der Waals surface area (Å²) in [6, 6.07) is 14.7. The molecule has 0 bridgehead atoms. The Morgan fingerprint density at radius 2 is 1.91 bits per heavy atom. The molecule has 3 rings (SSSR count). The summed E-state index contributed by atoms with van der Waals surface area (Å²) in [5, 5.41) is 5.72. The van der Waals surface area contributed by atoms with Crippen molar-refractivity contribution >= 4 is 34.6 Å². The standard InChI is InChI=1S/C17H14ClN3O/c1-21-11-13(15-4-2-3-5-16(15)21)10-19-20-17(22)12-6-8-14(18)9-7-12/h2-11H,1H3,(H,20,22). The number of hydrogen-bond acceptors (Lipinski definition) is 2. The van der Waals surface area contributed by atoms with Crippen LogP contribution in [0.25, 0.3) is 10.9 Å². The number of fused-ring (bicyclic) bond motifs is 1. The molecule has 3 aromatic rings. The SMILES string of the molecule is Cn1cc(C=NNC(=O)c2ccc(Cl)cc2)c2ccccc21. The van der Waals surface area contributed by atoms with Crippen LogP contribution in [0.2, 0.25) is 5.02 Å². The summed E-state index contributed by atoms with van der Waals surface area (Å²) in [7, 11) is 1.98. The van der Waals surface area contributed by atoms with Crippen LogP contribution in [0, 0.1) is 0 Å². The van der Waals surface area contributed by atoms with Gasteiger partial charge in [-0.3, -0.25) is 4.79 Å². The Bertz CT molecular complexity index is 850. The van der Waals surface area contributed by atoms with E-state index in [-0.39, 0.29) is 5.91 Å². The van der Waals surface area contributed by atoms with Gasteiger partial charge in [0, 0.05) is 40.3 Å². The minimum Gasteiger partial charge on any atom is -0.350 e. The zero-order chi connectivity index (χ0) is 15.5. The van der Waals surface area contributed by atoms with Crippen molar-refractivity contribution in [1.29, 1.82) is 0 Å². The first kappa shape index (κ1) is 14.4. The number of para-hydroxylation sites is 1. The Morgan fingerprint density at radius 3 is 2.68 bits per heavy atom. The van der Waals surface area contributed by atoms with Crippen LogP contribution in [0.1, 0.15) is 15.9 Å². The molecular formula is C17H14ClN3O. The van der Waals surface area contributed by atoms with Crippen LogP contribution >= 0.6 is 11.6 Å². The number of nitrogens with zero attached hydrogens (tertiary/aromatic N) is 2. The predicted octanol–water partition coefficient (Wildman–Crippen LogP) is 3.60. The summed E-state index contributed by atoms with van der Waals surface area (Å²) >= 11 is 5.79.